The number of hydrogen-bond acceptors (Lipinski definition) is 4. The van der Waals surface area contributed by atoms with Crippen LogP contribution in [0.4, 0.5) is 0 Å². The number of aromatic nitrogens is 2. The lowest BCUT2D eigenvalue weighted by Crippen LogP contribution is -2.29. The zero-order valence-corrected chi connectivity index (χ0v) is 11.3. The maximum Gasteiger partial charge on any atom is 0.262 e. The third kappa shape index (κ3) is 2.85. The lowest BCUT2D eigenvalue weighted by molar-refractivity contribution is 0.456. The normalized spacial score (nSPS) is 12.3. The molecule has 0 atom stereocenters. The molecule has 0 fully saturated rings. The lowest BCUT2D eigenvalue weighted by Gasteiger charge is -2.15. The molecule has 3 N–H and O–H groups in total. The van der Waals surface area contributed by atoms with Crippen molar-refractivity contribution in [3.05, 3.63) is 11.3 Å². The minimum absolute atomic E-state index is 0.0519. The van der Waals surface area contributed by atoms with E-state index in [4.69, 9.17) is 5.73 Å². The highest BCUT2D eigenvalue weighted by molar-refractivity contribution is 7.89. The zero-order valence-electron chi connectivity index (χ0n) is 10.5. The van der Waals surface area contributed by atoms with E-state index in [0.717, 1.165) is 12.8 Å². The summed E-state index contributed by atoms with van der Waals surface area (Å²) in [6.07, 6.45) is 1.78. The van der Waals surface area contributed by atoms with Crippen LogP contribution in [0.25, 0.3) is 0 Å². The molecule has 98 valence electrons. The Bertz CT molecular complexity index is 467. The quantitative estimate of drug-likeness (QED) is 0.783. The van der Waals surface area contributed by atoms with Crippen LogP contribution in [-0.2, 0) is 16.6 Å². The average molecular weight is 260 g/mol. The Labute approximate surface area is 102 Å². The van der Waals surface area contributed by atoms with E-state index in [0.29, 0.717) is 17.8 Å². The van der Waals surface area contributed by atoms with Crippen LogP contribution in [-0.4, -0.2) is 36.5 Å². The van der Waals surface area contributed by atoms with Crippen molar-refractivity contribution >= 4 is 10.0 Å². The number of nitrogens with one attached hydrogen (secondary N) is 1. The topological polar surface area (TPSA) is 92.1 Å². The highest BCUT2D eigenvalue weighted by atomic mass is 32.2. The van der Waals surface area contributed by atoms with E-state index < -0.39 is 10.0 Å². The van der Waals surface area contributed by atoms with Gasteiger partial charge in [-0.3, -0.25) is 5.10 Å². The van der Waals surface area contributed by atoms with Crippen molar-refractivity contribution in [3.63, 3.8) is 0 Å². The SMILES string of the molecule is CCCCN(C)S(=O)(=O)c1n[nH]c(C)c1CN. The number of rotatable bonds is 6. The van der Waals surface area contributed by atoms with Gasteiger partial charge >= 0.3 is 0 Å². The van der Waals surface area contributed by atoms with Crippen LogP contribution < -0.4 is 5.73 Å². The van der Waals surface area contributed by atoms with Gasteiger partial charge in [-0.25, -0.2) is 8.42 Å². The summed E-state index contributed by atoms with van der Waals surface area (Å²) in [6, 6.07) is 0. The first-order chi connectivity index (χ1) is 7.95. The maximum atomic E-state index is 12.2. The molecule has 6 nitrogen and oxygen atoms in total. The molecule has 0 aromatic carbocycles. The minimum Gasteiger partial charge on any atom is -0.326 e. The molecule has 0 radical (unpaired) electrons. The summed E-state index contributed by atoms with van der Waals surface area (Å²) in [7, 11) is -1.96. The largest absolute Gasteiger partial charge is 0.326 e. The van der Waals surface area contributed by atoms with Crippen molar-refractivity contribution in [2.24, 2.45) is 5.73 Å². The third-order valence-electron chi connectivity index (χ3n) is 2.72. The number of aromatic amines is 1. The Morgan fingerprint density at radius 1 is 1.47 bits per heavy atom. The number of aryl methyl sites for hydroxylation is 1. The number of unbranched alkanes of at least 4 members (excludes halogenated alkanes) is 1. The van der Waals surface area contributed by atoms with Crippen LogP contribution in [0.3, 0.4) is 0 Å². The van der Waals surface area contributed by atoms with Gasteiger partial charge in [0.25, 0.3) is 10.0 Å². The number of hydrogen-bond donors (Lipinski definition) is 2. The van der Waals surface area contributed by atoms with Crippen molar-refractivity contribution in [1.29, 1.82) is 0 Å². The minimum atomic E-state index is -3.52. The predicted octanol–water partition coefficient (Wildman–Crippen LogP) is 0.597. The van der Waals surface area contributed by atoms with E-state index in [2.05, 4.69) is 10.2 Å². The van der Waals surface area contributed by atoms with E-state index in [-0.39, 0.29) is 11.6 Å². The van der Waals surface area contributed by atoms with Crippen LogP contribution >= 0.6 is 0 Å². The van der Waals surface area contributed by atoms with Crippen LogP contribution in [0.5, 0.6) is 0 Å². The van der Waals surface area contributed by atoms with E-state index in [9.17, 15) is 8.42 Å². The first kappa shape index (κ1) is 14.1. The Balaban J connectivity index is 3.04. The zero-order chi connectivity index (χ0) is 13.1. The molecule has 0 bridgehead atoms. The second-order valence-electron chi connectivity index (χ2n) is 4.02. The van der Waals surface area contributed by atoms with Gasteiger partial charge in [0.2, 0.25) is 0 Å². The van der Waals surface area contributed by atoms with Gasteiger partial charge in [-0.2, -0.15) is 9.40 Å². The molecule has 0 spiro atoms. The molecule has 0 saturated heterocycles. The van der Waals surface area contributed by atoms with Gasteiger partial charge in [-0.05, 0) is 13.3 Å². The Hall–Kier alpha value is -0.920. The average Bonchev–Trinajstić information content (AvgIpc) is 2.67. The molecule has 1 rings (SSSR count). The van der Waals surface area contributed by atoms with Crippen LogP contribution in [0.1, 0.15) is 31.0 Å². The van der Waals surface area contributed by atoms with E-state index in [1.807, 2.05) is 6.92 Å². The summed E-state index contributed by atoms with van der Waals surface area (Å²) < 4.78 is 25.8. The van der Waals surface area contributed by atoms with Crippen molar-refractivity contribution < 1.29 is 8.42 Å². The van der Waals surface area contributed by atoms with Gasteiger partial charge in [0.05, 0.1) is 0 Å². The fourth-order valence-corrected chi connectivity index (χ4v) is 2.91. The van der Waals surface area contributed by atoms with E-state index in [1.165, 1.54) is 4.31 Å². The van der Waals surface area contributed by atoms with Crippen molar-refractivity contribution in [1.82, 2.24) is 14.5 Å². The summed E-state index contributed by atoms with van der Waals surface area (Å²) in [5.41, 5.74) is 6.82. The molecule has 17 heavy (non-hydrogen) atoms. The summed E-state index contributed by atoms with van der Waals surface area (Å²) in [5, 5.41) is 6.57. The molecule has 0 aliphatic rings. The third-order valence-corrected chi connectivity index (χ3v) is 4.55. The standard InChI is InChI=1S/C10H20N4O2S/c1-4-5-6-14(3)17(15,16)10-9(7-11)8(2)12-13-10/h4-7,11H2,1-3H3,(H,12,13). The second kappa shape index (κ2) is 5.61. The molecule has 1 aromatic rings. The number of H-pyrrole nitrogens is 1. The number of nitrogens with zero attached hydrogens (tertiary/aromatic N) is 2. The smallest absolute Gasteiger partial charge is 0.262 e. The highest BCUT2D eigenvalue weighted by Crippen LogP contribution is 2.19. The molecule has 1 heterocycles. The van der Waals surface area contributed by atoms with Gasteiger partial charge in [0.15, 0.2) is 5.03 Å². The van der Waals surface area contributed by atoms with E-state index in [1.54, 1.807) is 14.0 Å². The van der Waals surface area contributed by atoms with Gasteiger partial charge in [0.1, 0.15) is 0 Å². The first-order valence-corrected chi connectivity index (χ1v) is 7.09. The fourth-order valence-electron chi connectivity index (χ4n) is 1.53. The Morgan fingerprint density at radius 2 is 2.12 bits per heavy atom. The monoisotopic (exact) mass is 260 g/mol. The number of sulfonamides is 1. The molecule has 7 heteroatoms. The van der Waals surface area contributed by atoms with Gasteiger partial charge in [-0.15, -0.1) is 0 Å². The van der Waals surface area contributed by atoms with Crippen molar-refractivity contribution in [2.75, 3.05) is 13.6 Å². The summed E-state index contributed by atoms with van der Waals surface area (Å²) in [6.45, 7) is 4.44. The molecule has 0 amide bonds. The molecular formula is C10H20N4O2S. The van der Waals surface area contributed by atoms with Crippen LogP contribution in [0, 0.1) is 6.92 Å². The fraction of sp³-hybridized carbons (Fsp3) is 0.700. The Morgan fingerprint density at radius 3 is 2.65 bits per heavy atom. The van der Waals surface area contributed by atoms with Crippen LogP contribution in [0.2, 0.25) is 0 Å². The summed E-state index contributed by atoms with van der Waals surface area (Å²) >= 11 is 0. The van der Waals surface area contributed by atoms with Gasteiger partial charge in [0, 0.05) is 31.4 Å². The predicted molar refractivity (Wildman–Crippen MR) is 65.9 cm³/mol. The Kier molecular flexibility index (Phi) is 4.67. The molecular weight excluding hydrogens is 240 g/mol. The van der Waals surface area contributed by atoms with Crippen molar-refractivity contribution in [3.8, 4) is 0 Å². The van der Waals surface area contributed by atoms with Gasteiger partial charge in [-0.1, -0.05) is 13.3 Å². The lowest BCUT2D eigenvalue weighted by atomic mass is 10.3. The van der Waals surface area contributed by atoms with Crippen LogP contribution in [0.15, 0.2) is 5.03 Å². The first-order valence-electron chi connectivity index (χ1n) is 5.65. The highest BCUT2D eigenvalue weighted by Gasteiger charge is 2.27. The summed E-state index contributed by atoms with van der Waals surface area (Å²) in [4.78, 5) is 0. The van der Waals surface area contributed by atoms with Crippen molar-refractivity contribution in [2.45, 2.75) is 38.3 Å². The van der Waals surface area contributed by atoms with Gasteiger partial charge < -0.3 is 5.73 Å². The maximum absolute atomic E-state index is 12.2. The molecule has 0 unspecified atom stereocenters. The number of nitrogens with two attached hydrogens (primary N) is 1. The van der Waals surface area contributed by atoms with E-state index >= 15 is 0 Å². The molecule has 0 saturated carbocycles. The summed E-state index contributed by atoms with van der Waals surface area (Å²) in [5.74, 6) is 0. The second-order valence-corrected chi connectivity index (χ2v) is 5.98. The molecule has 0 aliphatic carbocycles. The molecule has 1 aromatic heterocycles. The molecule has 0 aliphatic heterocycles.